The Hall–Kier alpha value is -0.640. The van der Waals surface area contributed by atoms with Gasteiger partial charge in [0.05, 0.1) is 18.6 Å². The molecule has 14 heteroatoms. The van der Waals surface area contributed by atoms with Crippen LogP contribution < -0.4 is 9.47 Å². The standard InChI is InChI=1S/C21H30Cl2N2O8P2/c1-24-10-7-21-6-5-16(32-34(26,33-35(27,28)29)25(11-8-22)12-9-23)13-18(21)31-20-17(30-2)4-3-15(14-24)19(20)21/h3-6,16,18H,7-14H2,1-2H3,(H2,27,28,29)/t16?,18-,21-,34?/m1/s1. The quantitative estimate of drug-likeness (QED) is 0.244. The van der Waals surface area contributed by atoms with E-state index >= 15 is 0 Å². The lowest BCUT2D eigenvalue weighted by molar-refractivity contribution is 0.0776. The fourth-order valence-corrected chi connectivity index (χ4v) is 8.75. The Kier molecular flexibility index (Phi) is 8.31. The molecule has 0 saturated carbocycles. The van der Waals surface area contributed by atoms with Gasteiger partial charge in [0.25, 0.3) is 0 Å². The summed E-state index contributed by atoms with van der Waals surface area (Å²) in [5.41, 5.74) is 1.81. The van der Waals surface area contributed by atoms with Gasteiger partial charge in [0.1, 0.15) is 6.10 Å². The second-order valence-electron chi connectivity index (χ2n) is 8.88. The predicted octanol–water partition coefficient (Wildman–Crippen LogP) is 3.87. The fraction of sp³-hybridized carbons (Fsp3) is 0.619. The van der Waals surface area contributed by atoms with Crippen molar-refractivity contribution < 1.29 is 37.2 Å². The zero-order valence-electron chi connectivity index (χ0n) is 19.5. The summed E-state index contributed by atoms with van der Waals surface area (Å²) in [5.74, 6) is 1.40. The van der Waals surface area contributed by atoms with Gasteiger partial charge in [-0.05, 0) is 31.6 Å². The SMILES string of the molecule is COc1ccc2c3c1O[C@@H]1CC(OP(=O)(OP(=O)(O)O)N(CCCl)CCCl)C=C[C@]31CCN(C)C2. The maximum atomic E-state index is 13.7. The molecule has 2 unspecified atom stereocenters. The zero-order valence-corrected chi connectivity index (χ0v) is 22.8. The van der Waals surface area contributed by atoms with Crippen LogP contribution in [0.5, 0.6) is 11.5 Å². The van der Waals surface area contributed by atoms with Gasteiger partial charge in [-0.1, -0.05) is 18.2 Å². The number of alkyl halides is 2. The van der Waals surface area contributed by atoms with E-state index in [4.69, 9.17) is 41.5 Å². The van der Waals surface area contributed by atoms with Crippen LogP contribution in [0.4, 0.5) is 0 Å². The molecule has 1 aromatic carbocycles. The zero-order chi connectivity index (χ0) is 25.4. The van der Waals surface area contributed by atoms with E-state index < -0.39 is 27.1 Å². The van der Waals surface area contributed by atoms with Crippen molar-refractivity contribution in [3.05, 3.63) is 35.4 Å². The van der Waals surface area contributed by atoms with Gasteiger partial charge in [-0.25, -0.2) is 13.8 Å². The summed E-state index contributed by atoms with van der Waals surface area (Å²) in [6.45, 7) is 1.62. The average molecular weight is 571 g/mol. The van der Waals surface area contributed by atoms with Crippen LogP contribution >= 0.6 is 38.8 Å². The molecule has 2 aliphatic heterocycles. The molecule has 1 aromatic rings. The lowest BCUT2D eigenvalue weighted by Gasteiger charge is -2.38. The third-order valence-corrected chi connectivity index (χ3v) is 10.3. The number of hydrogen-bond acceptors (Lipinski definition) is 7. The summed E-state index contributed by atoms with van der Waals surface area (Å²) in [6, 6.07) is 3.95. The van der Waals surface area contributed by atoms with Crippen molar-refractivity contribution in [2.24, 2.45) is 0 Å². The first kappa shape index (κ1) is 27.4. The largest absolute Gasteiger partial charge is 0.493 e. The van der Waals surface area contributed by atoms with Gasteiger partial charge in [0.15, 0.2) is 11.5 Å². The minimum Gasteiger partial charge on any atom is -0.493 e. The van der Waals surface area contributed by atoms with Crippen molar-refractivity contribution in [1.82, 2.24) is 9.57 Å². The van der Waals surface area contributed by atoms with Crippen LogP contribution in [0.2, 0.25) is 0 Å². The molecular weight excluding hydrogens is 541 g/mol. The molecular formula is C21H30Cl2N2O8P2. The molecule has 2 heterocycles. The van der Waals surface area contributed by atoms with Crippen molar-refractivity contribution in [2.75, 3.05) is 45.6 Å². The van der Waals surface area contributed by atoms with Gasteiger partial charge in [-0.15, -0.1) is 23.2 Å². The van der Waals surface area contributed by atoms with Crippen LogP contribution in [0.3, 0.4) is 0 Å². The molecule has 4 atom stereocenters. The minimum absolute atomic E-state index is 0.00416. The minimum atomic E-state index is -5.16. The van der Waals surface area contributed by atoms with Crippen molar-refractivity contribution in [3.63, 3.8) is 0 Å². The van der Waals surface area contributed by atoms with Gasteiger partial charge in [0.2, 0.25) is 0 Å². The van der Waals surface area contributed by atoms with Gasteiger partial charge >= 0.3 is 15.6 Å². The summed E-state index contributed by atoms with van der Waals surface area (Å²) >= 11 is 11.7. The highest BCUT2D eigenvalue weighted by atomic mass is 35.5. The predicted molar refractivity (Wildman–Crippen MR) is 132 cm³/mol. The van der Waals surface area contributed by atoms with Crippen molar-refractivity contribution in [2.45, 2.75) is 37.0 Å². The summed E-state index contributed by atoms with van der Waals surface area (Å²) in [4.78, 5) is 21.2. The summed E-state index contributed by atoms with van der Waals surface area (Å²) in [7, 11) is -5.95. The highest BCUT2D eigenvalue weighted by Gasteiger charge is 2.54. The van der Waals surface area contributed by atoms with Crippen LogP contribution in [0.1, 0.15) is 24.0 Å². The first-order valence-corrected chi connectivity index (χ1v) is 15.3. The molecule has 0 fully saturated rings. The van der Waals surface area contributed by atoms with Gasteiger partial charge in [0, 0.05) is 43.4 Å². The van der Waals surface area contributed by atoms with E-state index in [9.17, 15) is 18.9 Å². The van der Waals surface area contributed by atoms with Gasteiger partial charge in [-0.3, -0.25) is 4.52 Å². The number of hydrogen-bond donors (Lipinski definition) is 2. The Morgan fingerprint density at radius 3 is 2.60 bits per heavy atom. The van der Waals surface area contributed by atoms with E-state index in [0.29, 0.717) is 17.9 Å². The van der Waals surface area contributed by atoms with Crippen LogP contribution in [0, 0.1) is 0 Å². The lowest BCUT2D eigenvalue weighted by Crippen LogP contribution is -2.43. The molecule has 3 aliphatic rings. The van der Waals surface area contributed by atoms with E-state index in [0.717, 1.165) is 35.3 Å². The molecule has 0 radical (unpaired) electrons. The molecule has 4 rings (SSSR count). The Morgan fingerprint density at radius 2 is 1.97 bits per heavy atom. The van der Waals surface area contributed by atoms with Gasteiger partial charge in [-0.2, -0.15) is 4.31 Å². The molecule has 196 valence electrons. The Balaban J connectivity index is 1.68. The molecule has 10 nitrogen and oxygen atoms in total. The number of rotatable bonds is 10. The second kappa shape index (κ2) is 10.6. The highest BCUT2D eigenvalue weighted by Crippen LogP contribution is 2.64. The molecule has 0 amide bonds. The number of halogens is 2. The van der Waals surface area contributed by atoms with E-state index in [1.165, 1.54) is 0 Å². The van der Waals surface area contributed by atoms with Crippen LogP contribution in [-0.2, 0) is 29.9 Å². The maximum absolute atomic E-state index is 13.7. The van der Waals surface area contributed by atoms with Crippen molar-refractivity contribution >= 4 is 38.8 Å². The smallest absolute Gasteiger partial charge is 0.477 e. The normalized spacial score (nSPS) is 27.6. The lowest BCUT2D eigenvalue weighted by atomic mass is 9.69. The summed E-state index contributed by atoms with van der Waals surface area (Å²) < 4.78 is 49.0. The number of benzene rings is 1. The number of phosphoric acid groups is 1. The van der Waals surface area contributed by atoms with E-state index in [-0.39, 0.29) is 31.0 Å². The molecule has 2 N–H and O–H groups in total. The third kappa shape index (κ3) is 5.48. The van der Waals surface area contributed by atoms with Crippen LogP contribution in [0.15, 0.2) is 24.3 Å². The Labute approximate surface area is 214 Å². The molecule has 1 spiro atoms. The molecule has 35 heavy (non-hydrogen) atoms. The molecule has 1 aliphatic carbocycles. The first-order chi connectivity index (χ1) is 16.5. The van der Waals surface area contributed by atoms with Crippen molar-refractivity contribution in [3.8, 4) is 11.5 Å². The number of nitrogens with zero attached hydrogens (tertiary/aromatic N) is 2. The summed E-state index contributed by atoms with van der Waals surface area (Å²) in [5, 5.41) is 0. The maximum Gasteiger partial charge on any atom is 0.477 e. The first-order valence-electron chi connectivity index (χ1n) is 11.2. The fourth-order valence-electron chi connectivity index (χ4n) is 5.14. The highest BCUT2D eigenvalue weighted by molar-refractivity contribution is 7.62. The Bertz CT molecular complexity index is 1060. The average Bonchev–Trinajstić information content (AvgIpc) is 3.03. The summed E-state index contributed by atoms with van der Waals surface area (Å²) in [6.07, 6.45) is 3.73. The molecule has 0 saturated heterocycles. The number of ether oxygens (including phenoxy) is 2. The van der Waals surface area contributed by atoms with E-state index in [1.807, 2.05) is 12.1 Å². The van der Waals surface area contributed by atoms with Crippen LogP contribution in [0.25, 0.3) is 0 Å². The number of methoxy groups -OCH3 is 1. The van der Waals surface area contributed by atoms with E-state index in [2.05, 4.69) is 18.0 Å². The van der Waals surface area contributed by atoms with Crippen molar-refractivity contribution in [1.29, 1.82) is 0 Å². The Morgan fingerprint density at radius 1 is 1.26 bits per heavy atom. The van der Waals surface area contributed by atoms with Gasteiger partial charge < -0.3 is 24.2 Å². The molecule has 0 aromatic heterocycles. The van der Waals surface area contributed by atoms with Crippen LogP contribution in [-0.4, -0.2) is 77.1 Å². The monoisotopic (exact) mass is 570 g/mol. The topological polar surface area (TPSA) is 118 Å². The third-order valence-electron chi connectivity index (χ3n) is 6.64. The van der Waals surface area contributed by atoms with E-state index in [1.54, 1.807) is 13.2 Å². The molecule has 0 bridgehead atoms. The second-order valence-corrected chi connectivity index (χ2v) is 13.0.